The number of hydrogen-bond acceptors (Lipinski definition) is 6. The van der Waals surface area contributed by atoms with Crippen molar-refractivity contribution in [3.8, 4) is 0 Å². The maximum Gasteiger partial charge on any atom is 0.325 e. The molecule has 0 spiro atoms. The highest BCUT2D eigenvalue weighted by Crippen LogP contribution is 2.22. The van der Waals surface area contributed by atoms with Crippen LogP contribution in [0, 0.1) is 0 Å². The second-order valence-electron chi connectivity index (χ2n) is 5.97. The zero-order valence-corrected chi connectivity index (χ0v) is 14.6. The number of nitrogens with one attached hydrogen (secondary N) is 3. The second kappa shape index (κ2) is 6.75. The van der Waals surface area contributed by atoms with Crippen molar-refractivity contribution < 1.29 is 13.2 Å². The molecule has 1 aliphatic heterocycles. The number of nitrogens with zero attached hydrogens (tertiary/aromatic N) is 3. The summed E-state index contributed by atoms with van der Waals surface area (Å²) in [6, 6.07) is 1.56. The van der Waals surface area contributed by atoms with Crippen LogP contribution >= 0.6 is 0 Å². The van der Waals surface area contributed by atoms with E-state index in [1.54, 1.807) is 11.1 Å². The summed E-state index contributed by atoms with van der Waals surface area (Å²) >= 11 is 0. The van der Waals surface area contributed by atoms with Gasteiger partial charge >= 0.3 is 11.7 Å². The molecule has 3 rings (SSSR count). The zero-order chi connectivity index (χ0) is 18.0. The molecule has 11 heteroatoms. The highest BCUT2D eigenvalue weighted by Gasteiger charge is 2.23. The summed E-state index contributed by atoms with van der Waals surface area (Å²) in [6.45, 7) is 2.32. The Morgan fingerprint density at radius 2 is 2.00 bits per heavy atom. The minimum absolute atomic E-state index is 0.0748. The van der Waals surface area contributed by atoms with Crippen LogP contribution in [0.5, 0.6) is 0 Å². The van der Waals surface area contributed by atoms with Gasteiger partial charge < -0.3 is 20.1 Å². The first-order valence-corrected chi connectivity index (χ1v) is 9.92. The predicted octanol–water partition coefficient (Wildman–Crippen LogP) is -0.873. The van der Waals surface area contributed by atoms with Gasteiger partial charge in [-0.3, -0.25) is 4.98 Å². The lowest BCUT2D eigenvalue weighted by Crippen LogP contribution is -2.52. The summed E-state index contributed by atoms with van der Waals surface area (Å²) < 4.78 is 22.2. The molecule has 10 nitrogen and oxygen atoms in total. The molecule has 25 heavy (non-hydrogen) atoms. The molecule has 3 heterocycles. The molecule has 2 aromatic heterocycles. The molecule has 1 saturated heterocycles. The minimum atomic E-state index is -3.09. The number of carbonyl (C=O) groups is 1. The lowest BCUT2D eigenvalue weighted by Gasteiger charge is -2.36. The first kappa shape index (κ1) is 17.3. The average molecular weight is 368 g/mol. The van der Waals surface area contributed by atoms with Crippen LogP contribution in [0.15, 0.2) is 17.1 Å². The number of fused-ring (bicyclic) bond motifs is 1. The van der Waals surface area contributed by atoms with Gasteiger partial charge in [-0.1, -0.05) is 0 Å². The number of carbonyl (C=O) groups excluding carboxylic acids is 1. The number of aromatic amines is 2. The third kappa shape index (κ3) is 4.10. The number of hydrogen-bond donors (Lipinski definition) is 3. The van der Waals surface area contributed by atoms with E-state index in [4.69, 9.17) is 0 Å². The van der Waals surface area contributed by atoms with E-state index >= 15 is 0 Å². The average Bonchev–Trinajstić information content (AvgIpc) is 2.94. The van der Waals surface area contributed by atoms with Crippen LogP contribution in [0.4, 0.5) is 10.5 Å². The smallest absolute Gasteiger partial charge is 0.325 e. The number of urea groups is 1. The monoisotopic (exact) mass is 368 g/mol. The topological polar surface area (TPSA) is 131 Å². The summed E-state index contributed by atoms with van der Waals surface area (Å²) in [5.74, 6) is -0.0748. The molecule has 2 amide bonds. The van der Waals surface area contributed by atoms with E-state index in [1.807, 2.05) is 6.07 Å². The molecule has 0 aliphatic carbocycles. The van der Waals surface area contributed by atoms with Crippen LogP contribution in [-0.2, 0) is 9.84 Å². The fourth-order valence-electron chi connectivity index (χ4n) is 2.79. The van der Waals surface area contributed by atoms with Crippen molar-refractivity contribution >= 4 is 32.7 Å². The summed E-state index contributed by atoms with van der Waals surface area (Å²) in [6.07, 6.45) is 2.77. The number of sulfone groups is 1. The Morgan fingerprint density at radius 3 is 2.68 bits per heavy atom. The molecule has 3 N–H and O–H groups in total. The van der Waals surface area contributed by atoms with Crippen LogP contribution in [0.1, 0.15) is 0 Å². The van der Waals surface area contributed by atoms with Crippen molar-refractivity contribution in [3.05, 3.63) is 22.7 Å². The maximum atomic E-state index is 12.1. The Bertz CT molecular complexity index is 926. The maximum absolute atomic E-state index is 12.1. The van der Waals surface area contributed by atoms with Gasteiger partial charge in [-0.15, -0.1) is 0 Å². The fourth-order valence-corrected chi connectivity index (χ4v) is 3.26. The van der Waals surface area contributed by atoms with Crippen molar-refractivity contribution in [2.24, 2.45) is 0 Å². The third-order valence-electron chi connectivity index (χ3n) is 4.06. The summed E-state index contributed by atoms with van der Waals surface area (Å²) in [5.41, 5.74) is 1.71. The van der Waals surface area contributed by atoms with Crippen LogP contribution in [-0.4, -0.2) is 79.0 Å². The Balaban J connectivity index is 1.60. The van der Waals surface area contributed by atoms with E-state index < -0.39 is 9.84 Å². The number of aromatic nitrogens is 3. The normalized spacial score (nSPS) is 15.6. The molecule has 0 bridgehead atoms. The Labute approximate surface area is 144 Å². The first-order chi connectivity index (χ1) is 11.8. The van der Waals surface area contributed by atoms with Crippen molar-refractivity contribution in [3.63, 3.8) is 0 Å². The molecular weight excluding hydrogens is 348 g/mol. The SMILES string of the molecule is CS(=O)(=O)CCNC(=O)N1CCN(c2ccnc3[nH]c(=O)[nH]c23)CC1. The highest BCUT2D eigenvalue weighted by atomic mass is 32.2. The highest BCUT2D eigenvalue weighted by molar-refractivity contribution is 7.90. The molecule has 1 fully saturated rings. The molecule has 2 aromatic rings. The van der Waals surface area contributed by atoms with E-state index in [1.165, 1.54) is 0 Å². The van der Waals surface area contributed by atoms with Gasteiger partial charge in [0.15, 0.2) is 5.65 Å². The number of anilines is 1. The van der Waals surface area contributed by atoms with Gasteiger partial charge in [0.05, 0.1) is 11.4 Å². The molecule has 1 aliphatic rings. The quantitative estimate of drug-likeness (QED) is 0.643. The summed E-state index contributed by atoms with van der Waals surface area (Å²) in [4.78, 5) is 36.8. The van der Waals surface area contributed by atoms with E-state index in [0.29, 0.717) is 37.3 Å². The van der Waals surface area contributed by atoms with E-state index in [-0.39, 0.29) is 24.0 Å². The lowest BCUT2D eigenvalue weighted by molar-refractivity contribution is 0.195. The molecule has 0 saturated carbocycles. The van der Waals surface area contributed by atoms with Crippen molar-refractivity contribution in [2.75, 3.05) is 49.6 Å². The minimum Gasteiger partial charge on any atom is -0.366 e. The van der Waals surface area contributed by atoms with Gasteiger partial charge in [0.1, 0.15) is 15.4 Å². The van der Waals surface area contributed by atoms with Crippen molar-refractivity contribution in [2.45, 2.75) is 0 Å². The van der Waals surface area contributed by atoms with Gasteiger partial charge in [-0.2, -0.15) is 0 Å². The summed E-state index contributed by atoms with van der Waals surface area (Å²) in [5, 5.41) is 2.62. The van der Waals surface area contributed by atoms with Crippen LogP contribution in [0.25, 0.3) is 11.2 Å². The van der Waals surface area contributed by atoms with Gasteiger partial charge in [0.2, 0.25) is 0 Å². The molecule has 0 aromatic carbocycles. The Morgan fingerprint density at radius 1 is 1.28 bits per heavy atom. The third-order valence-corrected chi connectivity index (χ3v) is 5.00. The standard InChI is InChI=1S/C14H20N6O4S/c1-25(23,24)9-4-16-14(22)20-7-5-19(6-8-20)10-2-3-15-12-11(10)17-13(21)18-12/h2-3H,4-9H2,1H3,(H,16,22)(H2,15,17,18,21). The first-order valence-electron chi connectivity index (χ1n) is 7.86. The van der Waals surface area contributed by atoms with E-state index in [9.17, 15) is 18.0 Å². The van der Waals surface area contributed by atoms with Crippen LogP contribution in [0.2, 0.25) is 0 Å². The van der Waals surface area contributed by atoms with E-state index in [2.05, 4.69) is 25.2 Å². The largest absolute Gasteiger partial charge is 0.366 e. The molecule has 0 radical (unpaired) electrons. The molecule has 0 unspecified atom stereocenters. The van der Waals surface area contributed by atoms with Crippen molar-refractivity contribution in [1.29, 1.82) is 0 Å². The Hall–Kier alpha value is -2.56. The number of piperazine rings is 1. The molecule has 0 atom stereocenters. The van der Waals surface area contributed by atoms with Crippen LogP contribution < -0.4 is 15.9 Å². The molecule has 136 valence electrons. The predicted molar refractivity (Wildman–Crippen MR) is 93.6 cm³/mol. The number of pyridine rings is 1. The second-order valence-corrected chi connectivity index (χ2v) is 8.23. The van der Waals surface area contributed by atoms with E-state index in [0.717, 1.165) is 11.9 Å². The number of imidazole rings is 1. The van der Waals surface area contributed by atoms with Crippen LogP contribution in [0.3, 0.4) is 0 Å². The number of rotatable bonds is 4. The number of H-pyrrole nitrogens is 2. The van der Waals surface area contributed by atoms with Gasteiger partial charge in [0, 0.05) is 45.2 Å². The van der Waals surface area contributed by atoms with Gasteiger partial charge in [-0.05, 0) is 6.07 Å². The van der Waals surface area contributed by atoms with Crippen molar-refractivity contribution in [1.82, 2.24) is 25.2 Å². The molecular formula is C14H20N6O4S. The van der Waals surface area contributed by atoms with Gasteiger partial charge in [0.25, 0.3) is 0 Å². The van der Waals surface area contributed by atoms with Gasteiger partial charge in [-0.25, -0.2) is 23.0 Å². The lowest BCUT2D eigenvalue weighted by atomic mass is 10.2. The zero-order valence-electron chi connectivity index (χ0n) is 13.8. The summed E-state index contributed by atoms with van der Waals surface area (Å²) in [7, 11) is -3.09. The fraction of sp³-hybridized carbons (Fsp3) is 0.500. The Kier molecular flexibility index (Phi) is 4.66. The number of amides is 2.